The van der Waals surface area contributed by atoms with E-state index in [-0.39, 0.29) is 11.9 Å². The maximum absolute atomic E-state index is 12.3. The fraction of sp³-hybridized carbons (Fsp3) is 0.467. The van der Waals surface area contributed by atoms with Gasteiger partial charge in [0.25, 0.3) is 0 Å². The number of carboxylic acids is 1. The molecule has 1 amide bonds. The van der Waals surface area contributed by atoms with Gasteiger partial charge in [0.15, 0.2) is 6.04 Å². The van der Waals surface area contributed by atoms with Gasteiger partial charge in [-0.2, -0.15) is 0 Å². The van der Waals surface area contributed by atoms with Crippen molar-refractivity contribution in [3.05, 3.63) is 35.9 Å². The number of nitrogens with one attached hydrogen (secondary N) is 1. The molecule has 0 spiro atoms. The Bertz CT molecular complexity index is 486. The van der Waals surface area contributed by atoms with Gasteiger partial charge < -0.3 is 15.2 Å². The first-order valence-electron chi connectivity index (χ1n) is 6.99. The summed E-state index contributed by atoms with van der Waals surface area (Å²) in [6.07, 6.45) is 0. The van der Waals surface area contributed by atoms with Gasteiger partial charge in [-0.1, -0.05) is 30.3 Å². The van der Waals surface area contributed by atoms with E-state index >= 15 is 0 Å². The summed E-state index contributed by atoms with van der Waals surface area (Å²) in [5.41, 5.74) is 0.563. The number of hydrogen-bond acceptors (Lipinski definition) is 4. The second kappa shape index (κ2) is 7.19. The highest BCUT2D eigenvalue weighted by atomic mass is 16.5. The Labute approximate surface area is 123 Å². The Balaban J connectivity index is 2.03. The second-order valence-corrected chi connectivity index (χ2v) is 5.01. The predicted octanol–water partition coefficient (Wildman–Crippen LogP) is 0.649. The van der Waals surface area contributed by atoms with Crippen LogP contribution in [0, 0.1) is 0 Å². The molecule has 6 heteroatoms. The van der Waals surface area contributed by atoms with Crippen LogP contribution in [-0.4, -0.2) is 54.2 Å². The van der Waals surface area contributed by atoms with Gasteiger partial charge in [0.2, 0.25) is 5.91 Å². The molecule has 2 N–H and O–H groups in total. The van der Waals surface area contributed by atoms with Gasteiger partial charge in [-0.15, -0.1) is 0 Å². The number of morpholine rings is 1. The zero-order chi connectivity index (χ0) is 15.2. The Kier molecular flexibility index (Phi) is 5.30. The minimum absolute atomic E-state index is 0.284. The molecule has 0 bridgehead atoms. The van der Waals surface area contributed by atoms with Crippen LogP contribution in [0.2, 0.25) is 0 Å². The van der Waals surface area contributed by atoms with Crippen LogP contribution in [0.1, 0.15) is 18.5 Å². The van der Waals surface area contributed by atoms with E-state index in [4.69, 9.17) is 4.74 Å². The highest BCUT2D eigenvalue weighted by molar-refractivity contribution is 5.87. The van der Waals surface area contributed by atoms with E-state index < -0.39 is 12.0 Å². The standard InChI is InChI=1S/C15H20N2O4/c1-11(17-7-9-21-10-8-17)14(18)16-13(15(19)20)12-5-3-2-4-6-12/h2-6,11,13H,7-10H2,1H3,(H,16,18)(H,19,20)/t11?,13-/m0/s1. The molecule has 0 radical (unpaired) electrons. The lowest BCUT2D eigenvalue weighted by Gasteiger charge is -2.32. The number of rotatable bonds is 5. The summed E-state index contributed by atoms with van der Waals surface area (Å²) >= 11 is 0. The van der Waals surface area contributed by atoms with Crippen molar-refractivity contribution in [2.45, 2.75) is 19.0 Å². The van der Waals surface area contributed by atoms with E-state index in [0.29, 0.717) is 31.9 Å². The topological polar surface area (TPSA) is 78.9 Å². The largest absolute Gasteiger partial charge is 0.479 e. The van der Waals surface area contributed by atoms with Crippen LogP contribution in [0.25, 0.3) is 0 Å². The van der Waals surface area contributed by atoms with Crippen molar-refractivity contribution in [1.82, 2.24) is 10.2 Å². The molecule has 0 aliphatic carbocycles. The first-order valence-corrected chi connectivity index (χ1v) is 6.99. The molecule has 6 nitrogen and oxygen atoms in total. The number of aliphatic carboxylic acids is 1. The molecule has 1 fully saturated rings. The summed E-state index contributed by atoms with van der Waals surface area (Å²) in [6.45, 7) is 4.33. The molecule has 1 aromatic carbocycles. The normalized spacial score (nSPS) is 18.7. The van der Waals surface area contributed by atoms with Crippen LogP contribution in [0.4, 0.5) is 0 Å². The molecule has 114 valence electrons. The predicted molar refractivity (Wildman–Crippen MR) is 76.8 cm³/mol. The highest BCUT2D eigenvalue weighted by Gasteiger charge is 2.28. The third-order valence-electron chi connectivity index (χ3n) is 3.64. The number of benzene rings is 1. The van der Waals surface area contributed by atoms with Crippen molar-refractivity contribution >= 4 is 11.9 Å². The number of ether oxygens (including phenoxy) is 1. The molecule has 2 rings (SSSR count). The van der Waals surface area contributed by atoms with Crippen LogP contribution >= 0.6 is 0 Å². The summed E-state index contributed by atoms with van der Waals surface area (Å²) in [4.78, 5) is 25.6. The van der Waals surface area contributed by atoms with Crippen LogP contribution in [0.15, 0.2) is 30.3 Å². The van der Waals surface area contributed by atoms with Crippen LogP contribution in [0.3, 0.4) is 0 Å². The van der Waals surface area contributed by atoms with Gasteiger partial charge in [-0.25, -0.2) is 4.79 Å². The fourth-order valence-electron chi connectivity index (χ4n) is 2.33. The van der Waals surface area contributed by atoms with E-state index in [9.17, 15) is 14.7 Å². The van der Waals surface area contributed by atoms with Crippen LogP contribution < -0.4 is 5.32 Å². The molecule has 1 aliphatic rings. The van der Waals surface area contributed by atoms with E-state index in [1.165, 1.54) is 0 Å². The molecule has 1 heterocycles. The SMILES string of the molecule is CC(C(=O)N[C@H](C(=O)O)c1ccccc1)N1CCOCC1. The Morgan fingerprint density at radius 2 is 1.86 bits per heavy atom. The fourth-order valence-corrected chi connectivity index (χ4v) is 2.33. The van der Waals surface area contributed by atoms with Crippen LogP contribution in [0.5, 0.6) is 0 Å². The molecule has 1 aromatic rings. The summed E-state index contributed by atoms with van der Waals surface area (Å²) in [5, 5.41) is 11.9. The van der Waals surface area contributed by atoms with E-state index in [0.717, 1.165) is 0 Å². The molecule has 1 unspecified atom stereocenters. The number of carbonyl (C=O) groups excluding carboxylic acids is 1. The third kappa shape index (κ3) is 4.03. The minimum Gasteiger partial charge on any atom is -0.479 e. The van der Waals surface area contributed by atoms with E-state index in [1.807, 2.05) is 4.90 Å². The summed E-state index contributed by atoms with van der Waals surface area (Å²) in [5.74, 6) is -1.35. The van der Waals surface area contributed by atoms with Crippen molar-refractivity contribution in [2.75, 3.05) is 26.3 Å². The Morgan fingerprint density at radius 3 is 2.43 bits per heavy atom. The zero-order valence-corrected chi connectivity index (χ0v) is 12.0. The van der Waals surface area contributed by atoms with Crippen molar-refractivity contribution in [3.8, 4) is 0 Å². The first-order chi connectivity index (χ1) is 10.1. The second-order valence-electron chi connectivity index (χ2n) is 5.01. The van der Waals surface area contributed by atoms with Crippen molar-refractivity contribution in [1.29, 1.82) is 0 Å². The van der Waals surface area contributed by atoms with Crippen molar-refractivity contribution in [3.63, 3.8) is 0 Å². The number of carboxylic acid groups (broad SMARTS) is 1. The van der Waals surface area contributed by atoms with Gasteiger partial charge in [0.1, 0.15) is 0 Å². The summed E-state index contributed by atoms with van der Waals surface area (Å²) in [6, 6.07) is 7.30. The zero-order valence-electron chi connectivity index (χ0n) is 12.0. The first kappa shape index (κ1) is 15.5. The Morgan fingerprint density at radius 1 is 1.24 bits per heavy atom. The summed E-state index contributed by atoms with van der Waals surface area (Å²) in [7, 11) is 0. The van der Waals surface area contributed by atoms with E-state index in [1.54, 1.807) is 37.3 Å². The Hall–Kier alpha value is -1.92. The number of amides is 1. The lowest BCUT2D eigenvalue weighted by molar-refractivity contribution is -0.143. The molecule has 21 heavy (non-hydrogen) atoms. The molecular formula is C15H20N2O4. The van der Waals surface area contributed by atoms with Gasteiger partial charge in [0, 0.05) is 13.1 Å². The quantitative estimate of drug-likeness (QED) is 0.833. The maximum Gasteiger partial charge on any atom is 0.330 e. The molecule has 1 saturated heterocycles. The molecule has 1 aliphatic heterocycles. The van der Waals surface area contributed by atoms with Crippen molar-refractivity contribution < 1.29 is 19.4 Å². The van der Waals surface area contributed by atoms with Crippen molar-refractivity contribution in [2.24, 2.45) is 0 Å². The van der Waals surface area contributed by atoms with Gasteiger partial charge in [-0.3, -0.25) is 9.69 Å². The highest BCUT2D eigenvalue weighted by Crippen LogP contribution is 2.14. The average Bonchev–Trinajstić information content (AvgIpc) is 2.53. The number of hydrogen-bond donors (Lipinski definition) is 2. The molecular weight excluding hydrogens is 272 g/mol. The monoisotopic (exact) mass is 292 g/mol. The van der Waals surface area contributed by atoms with Crippen LogP contribution in [-0.2, 0) is 14.3 Å². The van der Waals surface area contributed by atoms with Gasteiger partial charge in [0.05, 0.1) is 19.3 Å². The summed E-state index contributed by atoms with van der Waals surface area (Å²) < 4.78 is 5.25. The molecule has 0 saturated carbocycles. The van der Waals surface area contributed by atoms with Gasteiger partial charge in [-0.05, 0) is 12.5 Å². The number of carbonyl (C=O) groups is 2. The number of nitrogens with zero attached hydrogens (tertiary/aromatic N) is 1. The minimum atomic E-state index is -1.07. The maximum atomic E-state index is 12.3. The average molecular weight is 292 g/mol. The molecule has 0 aromatic heterocycles. The van der Waals surface area contributed by atoms with Gasteiger partial charge >= 0.3 is 5.97 Å². The molecule has 2 atom stereocenters. The third-order valence-corrected chi connectivity index (χ3v) is 3.64. The lowest BCUT2D eigenvalue weighted by Crippen LogP contribution is -2.51. The smallest absolute Gasteiger partial charge is 0.330 e. The van der Waals surface area contributed by atoms with E-state index in [2.05, 4.69) is 5.32 Å². The lowest BCUT2D eigenvalue weighted by atomic mass is 10.1.